The maximum Gasteiger partial charge on any atom is 0.224 e. The molecule has 0 radical (unpaired) electrons. The van der Waals surface area contributed by atoms with E-state index in [1.54, 1.807) is 12.3 Å². The highest BCUT2D eigenvalue weighted by Crippen LogP contribution is 2.54. The van der Waals surface area contributed by atoms with Crippen molar-refractivity contribution in [2.45, 2.75) is 18.3 Å². The Balaban J connectivity index is 1.47. The van der Waals surface area contributed by atoms with Gasteiger partial charge in [0.25, 0.3) is 0 Å². The van der Waals surface area contributed by atoms with Gasteiger partial charge in [0.05, 0.1) is 0 Å². The zero-order valence-corrected chi connectivity index (χ0v) is 12.5. The van der Waals surface area contributed by atoms with Crippen molar-refractivity contribution in [1.29, 1.82) is 0 Å². The minimum atomic E-state index is 0.215. The predicted molar refractivity (Wildman–Crippen MR) is 85.5 cm³/mol. The van der Waals surface area contributed by atoms with Gasteiger partial charge in [-0.2, -0.15) is 5.10 Å². The number of aromatic nitrogens is 4. The lowest BCUT2D eigenvalue weighted by Crippen LogP contribution is -1.94. The van der Waals surface area contributed by atoms with Crippen LogP contribution in [0.3, 0.4) is 0 Å². The van der Waals surface area contributed by atoms with E-state index in [0.29, 0.717) is 17.7 Å². The van der Waals surface area contributed by atoms with Crippen molar-refractivity contribution in [3.05, 3.63) is 65.2 Å². The first-order valence-corrected chi connectivity index (χ1v) is 7.53. The van der Waals surface area contributed by atoms with Crippen molar-refractivity contribution in [2.75, 3.05) is 5.32 Å². The number of H-pyrrole nitrogens is 1. The molecule has 110 valence electrons. The van der Waals surface area contributed by atoms with Gasteiger partial charge in [0, 0.05) is 23.9 Å². The number of aromatic amines is 1. The summed E-state index contributed by atoms with van der Waals surface area (Å²) in [5, 5.41) is 10.7. The van der Waals surface area contributed by atoms with E-state index in [4.69, 9.17) is 11.6 Å². The molecule has 1 aliphatic rings. The van der Waals surface area contributed by atoms with Crippen LogP contribution in [0.4, 0.5) is 11.6 Å². The van der Waals surface area contributed by atoms with E-state index in [1.165, 1.54) is 5.56 Å². The number of hydrogen-bond acceptors (Lipinski definition) is 4. The number of nitrogens with one attached hydrogen (secondary N) is 2. The number of rotatable bonds is 4. The lowest BCUT2D eigenvalue weighted by Gasteiger charge is -2.00. The third kappa shape index (κ3) is 2.67. The van der Waals surface area contributed by atoms with Crippen LogP contribution < -0.4 is 5.32 Å². The van der Waals surface area contributed by atoms with Gasteiger partial charge in [0.1, 0.15) is 5.82 Å². The van der Waals surface area contributed by atoms with Gasteiger partial charge < -0.3 is 5.32 Å². The highest BCUT2D eigenvalue weighted by atomic mass is 35.5. The van der Waals surface area contributed by atoms with Crippen LogP contribution in [-0.2, 0) is 0 Å². The molecule has 1 fully saturated rings. The van der Waals surface area contributed by atoms with Gasteiger partial charge in [-0.15, -0.1) is 0 Å². The minimum absolute atomic E-state index is 0.215. The van der Waals surface area contributed by atoms with E-state index in [2.05, 4.69) is 49.7 Å². The molecule has 22 heavy (non-hydrogen) atoms. The smallest absolute Gasteiger partial charge is 0.224 e. The van der Waals surface area contributed by atoms with E-state index >= 15 is 0 Å². The van der Waals surface area contributed by atoms with E-state index in [0.717, 1.165) is 17.9 Å². The highest BCUT2D eigenvalue weighted by Gasteiger charge is 2.40. The highest BCUT2D eigenvalue weighted by molar-refractivity contribution is 6.28. The van der Waals surface area contributed by atoms with Crippen LogP contribution in [0, 0.1) is 0 Å². The van der Waals surface area contributed by atoms with Crippen molar-refractivity contribution < 1.29 is 0 Å². The molecular formula is C16H14ClN5. The summed E-state index contributed by atoms with van der Waals surface area (Å²) in [7, 11) is 0. The van der Waals surface area contributed by atoms with Crippen molar-refractivity contribution in [3.63, 3.8) is 0 Å². The first kappa shape index (κ1) is 13.3. The molecule has 2 heterocycles. The standard InChI is InChI=1S/C16H14ClN5/c17-16-18-7-6-14(20-16)19-15-9-13(21-22-15)12-8-11(12)10-4-2-1-3-5-10/h1-7,9,11-12H,8H2,(H2,18,19,20,21,22)/t11-,12+/m1/s1. The molecule has 3 aromatic rings. The van der Waals surface area contributed by atoms with Crippen LogP contribution in [0.1, 0.15) is 29.5 Å². The van der Waals surface area contributed by atoms with Gasteiger partial charge in [-0.3, -0.25) is 5.10 Å². The summed E-state index contributed by atoms with van der Waals surface area (Å²) in [4.78, 5) is 7.94. The van der Waals surface area contributed by atoms with Gasteiger partial charge in [-0.1, -0.05) is 30.3 Å². The summed E-state index contributed by atoms with van der Waals surface area (Å²) in [5.41, 5.74) is 2.54. The Morgan fingerprint density at radius 2 is 1.95 bits per heavy atom. The summed E-state index contributed by atoms with van der Waals surface area (Å²) >= 11 is 5.77. The molecule has 0 bridgehead atoms. The molecular weight excluding hydrogens is 298 g/mol. The van der Waals surface area contributed by atoms with Gasteiger partial charge in [0.15, 0.2) is 5.82 Å². The number of anilines is 2. The summed E-state index contributed by atoms with van der Waals surface area (Å²) in [6.45, 7) is 0. The van der Waals surface area contributed by atoms with Crippen LogP contribution in [0.15, 0.2) is 48.7 Å². The van der Waals surface area contributed by atoms with Crippen LogP contribution in [0.25, 0.3) is 0 Å². The molecule has 0 unspecified atom stereocenters. The first-order valence-electron chi connectivity index (χ1n) is 7.15. The Morgan fingerprint density at radius 3 is 2.77 bits per heavy atom. The number of hydrogen-bond donors (Lipinski definition) is 2. The predicted octanol–water partition coefficient (Wildman–Crippen LogP) is 3.87. The fourth-order valence-corrected chi connectivity index (χ4v) is 2.88. The second-order valence-electron chi connectivity index (χ2n) is 5.40. The minimum Gasteiger partial charge on any atom is -0.323 e. The van der Waals surface area contributed by atoms with Crippen LogP contribution in [0.2, 0.25) is 5.28 Å². The molecule has 1 aromatic carbocycles. The number of nitrogens with zero attached hydrogens (tertiary/aromatic N) is 3. The molecule has 0 spiro atoms. The van der Waals surface area contributed by atoms with Crippen molar-refractivity contribution in [2.24, 2.45) is 0 Å². The van der Waals surface area contributed by atoms with Crippen LogP contribution >= 0.6 is 11.6 Å². The molecule has 6 heteroatoms. The fourth-order valence-electron chi connectivity index (χ4n) is 2.73. The van der Waals surface area contributed by atoms with Crippen LogP contribution in [-0.4, -0.2) is 20.2 Å². The molecule has 2 atom stereocenters. The molecule has 2 aromatic heterocycles. The molecule has 1 saturated carbocycles. The Morgan fingerprint density at radius 1 is 1.09 bits per heavy atom. The zero-order valence-electron chi connectivity index (χ0n) is 11.7. The normalized spacial score (nSPS) is 19.9. The van der Waals surface area contributed by atoms with Crippen molar-refractivity contribution >= 4 is 23.2 Å². The summed E-state index contributed by atoms with van der Waals surface area (Å²) < 4.78 is 0. The van der Waals surface area contributed by atoms with Gasteiger partial charge >= 0.3 is 0 Å². The summed E-state index contributed by atoms with van der Waals surface area (Å²) in [6, 6.07) is 14.4. The average molecular weight is 312 g/mol. The third-order valence-corrected chi connectivity index (χ3v) is 4.08. The van der Waals surface area contributed by atoms with Gasteiger partial charge in [0.2, 0.25) is 5.28 Å². The third-order valence-electron chi connectivity index (χ3n) is 3.90. The van der Waals surface area contributed by atoms with E-state index in [1.807, 2.05) is 12.1 Å². The lowest BCUT2D eigenvalue weighted by molar-refractivity contribution is 0.933. The first-order chi connectivity index (χ1) is 10.8. The lowest BCUT2D eigenvalue weighted by atomic mass is 10.1. The summed E-state index contributed by atoms with van der Waals surface area (Å²) in [5.74, 6) is 2.47. The van der Waals surface area contributed by atoms with Gasteiger partial charge in [-0.05, 0) is 35.6 Å². The topological polar surface area (TPSA) is 66.5 Å². The maximum absolute atomic E-state index is 5.77. The molecule has 0 saturated heterocycles. The number of benzene rings is 1. The summed E-state index contributed by atoms with van der Waals surface area (Å²) in [6.07, 6.45) is 2.77. The Labute approximate surface area is 132 Å². The number of halogens is 1. The average Bonchev–Trinajstić information content (AvgIpc) is 3.21. The van der Waals surface area contributed by atoms with Crippen molar-refractivity contribution in [3.8, 4) is 0 Å². The van der Waals surface area contributed by atoms with E-state index in [9.17, 15) is 0 Å². The zero-order chi connectivity index (χ0) is 14.9. The molecule has 4 rings (SSSR count). The van der Waals surface area contributed by atoms with E-state index in [-0.39, 0.29) is 5.28 Å². The van der Waals surface area contributed by atoms with Crippen LogP contribution in [0.5, 0.6) is 0 Å². The quantitative estimate of drug-likeness (QED) is 0.718. The second-order valence-corrected chi connectivity index (χ2v) is 5.74. The monoisotopic (exact) mass is 311 g/mol. The van der Waals surface area contributed by atoms with Crippen molar-refractivity contribution in [1.82, 2.24) is 20.2 Å². The Bertz CT molecular complexity index is 786. The molecule has 1 aliphatic carbocycles. The largest absolute Gasteiger partial charge is 0.323 e. The molecule has 5 nitrogen and oxygen atoms in total. The second kappa shape index (κ2) is 5.42. The molecule has 0 amide bonds. The fraction of sp³-hybridized carbons (Fsp3) is 0.188. The molecule has 0 aliphatic heterocycles. The Hall–Kier alpha value is -2.40. The van der Waals surface area contributed by atoms with E-state index < -0.39 is 0 Å². The SMILES string of the molecule is Clc1nccc(Nc2cc([C@H]3C[C@@H]3c3ccccc3)[nH]n2)n1. The molecule has 2 N–H and O–H groups in total. The Kier molecular flexibility index (Phi) is 3.27. The maximum atomic E-state index is 5.77. The van der Waals surface area contributed by atoms with Gasteiger partial charge in [-0.25, -0.2) is 9.97 Å².